The zero-order valence-electron chi connectivity index (χ0n) is 16.7. The lowest BCUT2D eigenvalue weighted by atomic mass is 9.81. The Kier molecular flexibility index (Phi) is 4.65. The maximum Gasteiger partial charge on any atom is 0.233 e. The monoisotopic (exact) mass is 378 g/mol. The van der Waals surface area contributed by atoms with Crippen LogP contribution in [0.25, 0.3) is 0 Å². The summed E-state index contributed by atoms with van der Waals surface area (Å²) in [6, 6.07) is 6.28. The van der Waals surface area contributed by atoms with Crippen LogP contribution in [0.5, 0.6) is 0 Å². The van der Waals surface area contributed by atoms with Gasteiger partial charge in [-0.1, -0.05) is 24.6 Å². The molecule has 28 heavy (non-hydrogen) atoms. The number of benzene rings is 1. The largest absolute Gasteiger partial charge is 0.342 e. The Morgan fingerprint density at radius 1 is 1.11 bits per heavy atom. The maximum absolute atomic E-state index is 13.1. The normalized spacial score (nSPS) is 20.7. The van der Waals surface area contributed by atoms with Crippen LogP contribution in [0.3, 0.4) is 0 Å². The van der Waals surface area contributed by atoms with E-state index in [0.717, 1.165) is 24.3 Å². The second-order valence-electron chi connectivity index (χ2n) is 8.03. The van der Waals surface area contributed by atoms with Gasteiger partial charge in [-0.25, -0.2) is 0 Å². The van der Waals surface area contributed by atoms with Crippen molar-refractivity contribution in [3.63, 3.8) is 0 Å². The molecule has 0 N–H and O–H groups in total. The van der Waals surface area contributed by atoms with E-state index in [1.165, 1.54) is 11.1 Å². The Labute approximate surface area is 165 Å². The fraction of sp³-hybridized carbons (Fsp3) is 0.455. The van der Waals surface area contributed by atoms with E-state index in [0.29, 0.717) is 25.2 Å². The molecule has 0 bridgehead atoms. The predicted molar refractivity (Wildman–Crippen MR) is 107 cm³/mol. The van der Waals surface area contributed by atoms with Gasteiger partial charge in [0.05, 0.1) is 17.8 Å². The van der Waals surface area contributed by atoms with E-state index in [1.807, 2.05) is 35.8 Å². The number of hydrogen-bond acceptors (Lipinski definition) is 4. The zero-order chi connectivity index (χ0) is 19.9. The molecule has 2 aliphatic rings. The highest BCUT2D eigenvalue weighted by atomic mass is 16.2. The van der Waals surface area contributed by atoms with Crippen molar-refractivity contribution in [3.05, 3.63) is 53.1 Å². The van der Waals surface area contributed by atoms with E-state index in [1.54, 1.807) is 12.4 Å². The molecule has 0 aliphatic carbocycles. The van der Waals surface area contributed by atoms with Gasteiger partial charge in [0.2, 0.25) is 11.8 Å². The topological polar surface area (TPSA) is 66.4 Å². The number of hydrogen-bond donors (Lipinski definition) is 0. The SMILES string of the molecule is CCC(=O)N1CCC2(C1)CN(C(=O)Cc1cnc(C)cn1)c1ccc(C)cc12. The van der Waals surface area contributed by atoms with Crippen molar-refractivity contribution in [2.45, 2.75) is 45.4 Å². The number of likely N-dealkylation sites (tertiary alicyclic amines) is 1. The summed E-state index contributed by atoms with van der Waals surface area (Å²) in [7, 11) is 0. The quantitative estimate of drug-likeness (QED) is 0.823. The van der Waals surface area contributed by atoms with Gasteiger partial charge in [-0.05, 0) is 31.9 Å². The molecule has 0 saturated carbocycles. The summed E-state index contributed by atoms with van der Waals surface area (Å²) >= 11 is 0. The Balaban J connectivity index is 1.63. The van der Waals surface area contributed by atoms with E-state index < -0.39 is 0 Å². The van der Waals surface area contributed by atoms with E-state index in [2.05, 4.69) is 23.0 Å². The Hall–Kier alpha value is -2.76. The molecule has 1 fully saturated rings. The first kappa shape index (κ1) is 18.6. The highest BCUT2D eigenvalue weighted by Gasteiger charge is 2.49. The molecule has 1 saturated heterocycles. The summed E-state index contributed by atoms with van der Waals surface area (Å²) in [5, 5.41) is 0. The second kappa shape index (κ2) is 7.00. The molecule has 3 heterocycles. The fourth-order valence-electron chi connectivity index (χ4n) is 4.42. The molecule has 2 aliphatic heterocycles. The van der Waals surface area contributed by atoms with Gasteiger partial charge in [0.1, 0.15) is 0 Å². The van der Waals surface area contributed by atoms with E-state index in [-0.39, 0.29) is 23.7 Å². The molecule has 4 rings (SSSR count). The number of carbonyl (C=O) groups is 2. The van der Waals surface area contributed by atoms with E-state index in [9.17, 15) is 9.59 Å². The molecule has 1 spiro atoms. The highest BCUT2D eigenvalue weighted by molar-refractivity contribution is 5.97. The third kappa shape index (κ3) is 3.17. The van der Waals surface area contributed by atoms with Crippen LogP contribution < -0.4 is 4.90 Å². The number of aromatic nitrogens is 2. The molecule has 6 heteroatoms. The van der Waals surface area contributed by atoms with Crippen LogP contribution in [-0.4, -0.2) is 46.3 Å². The van der Waals surface area contributed by atoms with Crippen LogP contribution >= 0.6 is 0 Å². The molecule has 0 radical (unpaired) electrons. The van der Waals surface area contributed by atoms with Crippen molar-refractivity contribution >= 4 is 17.5 Å². The van der Waals surface area contributed by atoms with Gasteiger partial charge in [0.25, 0.3) is 0 Å². The predicted octanol–water partition coefficient (Wildman–Crippen LogP) is 2.56. The van der Waals surface area contributed by atoms with Crippen LogP contribution in [0.1, 0.15) is 42.3 Å². The molecule has 2 amide bonds. The standard InChI is InChI=1S/C22H26N4O2/c1-4-20(27)25-8-7-22(13-25)14-26(19-6-5-15(2)9-18(19)22)21(28)10-17-12-23-16(3)11-24-17/h5-6,9,11-12H,4,7-8,10,13-14H2,1-3H3. The van der Waals surface area contributed by atoms with Gasteiger partial charge in [-0.3, -0.25) is 19.6 Å². The minimum atomic E-state index is -0.166. The fourth-order valence-corrected chi connectivity index (χ4v) is 4.42. The number of aryl methyl sites for hydroxylation is 2. The Morgan fingerprint density at radius 3 is 2.64 bits per heavy atom. The summed E-state index contributed by atoms with van der Waals surface area (Å²) in [4.78, 5) is 37.8. The first-order chi connectivity index (χ1) is 13.4. The van der Waals surface area contributed by atoms with Crippen LogP contribution in [0, 0.1) is 13.8 Å². The second-order valence-corrected chi connectivity index (χ2v) is 8.03. The third-order valence-corrected chi connectivity index (χ3v) is 5.95. The van der Waals surface area contributed by atoms with Crippen molar-refractivity contribution in [2.24, 2.45) is 0 Å². The van der Waals surface area contributed by atoms with Crippen molar-refractivity contribution in [2.75, 3.05) is 24.5 Å². The van der Waals surface area contributed by atoms with Crippen LogP contribution in [0.2, 0.25) is 0 Å². The molecule has 6 nitrogen and oxygen atoms in total. The average Bonchev–Trinajstić information content (AvgIpc) is 3.26. The third-order valence-electron chi connectivity index (χ3n) is 5.95. The van der Waals surface area contributed by atoms with E-state index in [4.69, 9.17) is 0 Å². The highest BCUT2D eigenvalue weighted by Crippen LogP contribution is 2.47. The van der Waals surface area contributed by atoms with Crippen molar-refractivity contribution in [1.82, 2.24) is 14.9 Å². The molecular formula is C22H26N4O2. The van der Waals surface area contributed by atoms with Gasteiger partial charge in [0.15, 0.2) is 0 Å². The van der Waals surface area contributed by atoms with Crippen LogP contribution in [0.4, 0.5) is 5.69 Å². The summed E-state index contributed by atoms with van der Waals surface area (Å²) in [5.41, 5.74) is 4.70. The Bertz CT molecular complexity index is 925. The number of nitrogens with zero attached hydrogens (tertiary/aromatic N) is 4. The summed E-state index contributed by atoms with van der Waals surface area (Å²) < 4.78 is 0. The number of fused-ring (bicyclic) bond motifs is 2. The molecular weight excluding hydrogens is 352 g/mol. The number of anilines is 1. The van der Waals surface area contributed by atoms with Gasteiger partial charge < -0.3 is 9.80 Å². The molecule has 1 unspecified atom stereocenters. The smallest absolute Gasteiger partial charge is 0.233 e. The van der Waals surface area contributed by atoms with Gasteiger partial charge >= 0.3 is 0 Å². The lowest BCUT2D eigenvalue weighted by Gasteiger charge is -2.26. The van der Waals surface area contributed by atoms with Crippen molar-refractivity contribution < 1.29 is 9.59 Å². The lowest BCUT2D eigenvalue weighted by molar-refractivity contribution is -0.130. The first-order valence-electron chi connectivity index (χ1n) is 9.89. The van der Waals surface area contributed by atoms with Crippen molar-refractivity contribution in [1.29, 1.82) is 0 Å². The number of carbonyl (C=O) groups excluding carboxylic acids is 2. The molecule has 1 aromatic heterocycles. The van der Waals surface area contributed by atoms with E-state index >= 15 is 0 Å². The van der Waals surface area contributed by atoms with Gasteiger partial charge in [-0.2, -0.15) is 0 Å². The van der Waals surface area contributed by atoms with Crippen LogP contribution in [0.15, 0.2) is 30.6 Å². The first-order valence-corrected chi connectivity index (χ1v) is 9.89. The van der Waals surface area contributed by atoms with Crippen molar-refractivity contribution in [3.8, 4) is 0 Å². The lowest BCUT2D eigenvalue weighted by Crippen LogP contribution is -2.40. The number of rotatable bonds is 3. The maximum atomic E-state index is 13.1. The minimum Gasteiger partial charge on any atom is -0.342 e. The molecule has 146 valence electrons. The summed E-state index contributed by atoms with van der Waals surface area (Å²) in [5.74, 6) is 0.214. The van der Waals surface area contributed by atoms with Crippen LogP contribution in [-0.2, 0) is 21.4 Å². The zero-order valence-corrected chi connectivity index (χ0v) is 16.7. The molecule has 1 atom stereocenters. The van der Waals surface area contributed by atoms with Gasteiger partial charge in [-0.15, -0.1) is 0 Å². The minimum absolute atomic E-state index is 0.0281. The van der Waals surface area contributed by atoms with Gasteiger partial charge in [0, 0.05) is 49.6 Å². The summed E-state index contributed by atoms with van der Waals surface area (Å²) in [6.07, 6.45) is 5.01. The Morgan fingerprint density at radius 2 is 1.93 bits per heavy atom. The molecule has 2 aromatic rings. The average molecular weight is 378 g/mol. The number of amides is 2. The molecule has 1 aromatic carbocycles. The summed E-state index contributed by atoms with van der Waals surface area (Å²) in [6.45, 7) is 7.92.